The molecule has 0 saturated heterocycles. The fourth-order valence-electron chi connectivity index (χ4n) is 3.82. The summed E-state index contributed by atoms with van der Waals surface area (Å²) in [6, 6.07) is 19.4. The van der Waals surface area contributed by atoms with Crippen LogP contribution in [0, 0.1) is 5.82 Å². The van der Waals surface area contributed by atoms with E-state index in [2.05, 4.69) is 22.2 Å². The van der Waals surface area contributed by atoms with E-state index in [1.807, 2.05) is 36.4 Å². The van der Waals surface area contributed by atoms with Gasteiger partial charge in [0.1, 0.15) is 18.2 Å². The van der Waals surface area contributed by atoms with Crippen LogP contribution in [0.4, 0.5) is 18.0 Å². The Hall–Kier alpha value is -3.74. The molecule has 1 N–H and O–H groups in total. The van der Waals surface area contributed by atoms with Crippen molar-refractivity contribution < 1.29 is 27.4 Å². The quantitative estimate of drug-likeness (QED) is 0.493. The fourth-order valence-corrected chi connectivity index (χ4v) is 3.82. The third-order valence-electron chi connectivity index (χ3n) is 5.20. The molecule has 0 atom stereocenters. The first kappa shape index (κ1) is 21.5. The van der Waals surface area contributed by atoms with Gasteiger partial charge in [-0.05, 0) is 34.4 Å². The highest BCUT2D eigenvalue weighted by Gasteiger charge is 2.28. The van der Waals surface area contributed by atoms with Crippen molar-refractivity contribution in [3.05, 3.63) is 95.3 Å². The summed E-state index contributed by atoms with van der Waals surface area (Å²) < 4.78 is 48.0. The monoisotopic (exact) mass is 439 g/mol. The molecule has 164 valence electrons. The molecule has 1 aliphatic rings. The number of amides is 1. The molecule has 0 aliphatic heterocycles. The van der Waals surface area contributed by atoms with E-state index in [-0.39, 0.29) is 30.4 Å². The summed E-state index contributed by atoms with van der Waals surface area (Å²) in [6.07, 6.45) is 2.40. The predicted molar refractivity (Wildman–Crippen MR) is 115 cm³/mol. The molecule has 4 rings (SSSR count). The predicted octanol–water partition coefficient (Wildman–Crippen LogP) is 5.98. The third-order valence-corrected chi connectivity index (χ3v) is 5.20. The molecule has 0 bridgehead atoms. The minimum absolute atomic E-state index is 0.0445. The summed E-state index contributed by atoms with van der Waals surface area (Å²) in [7, 11) is 0. The highest BCUT2D eigenvalue weighted by atomic mass is 19.3. The van der Waals surface area contributed by atoms with Crippen LogP contribution >= 0.6 is 0 Å². The molecule has 3 aromatic carbocycles. The number of carbonyl (C=O) groups is 1. The Labute approximate surface area is 183 Å². The van der Waals surface area contributed by atoms with Crippen molar-refractivity contribution in [3.63, 3.8) is 0 Å². The van der Waals surface area contributed by atoms with Crippen LogP contribution in [0.2, 0.25) is 0 Å². The van der Waals surface area contributed by atoms with Gasteiger partial charge in [-0.3, -0.25) is 0 Å². The van der Waals surface area contributed by atoms with Crippen molar-refractivity contribution in [2.75, 3.05) is 13.2 Å². The Morgan fingerprint density at radius 3 is 2.31 bits per heavy atom. The topological polar surface area (TPSA) is 47.6 Å². The SMILES string of the molecule is O=C(NCC=Cc1ccc(F)cc1OC(F)F)OCC1c2ccccc2-c2ccccc21. The number of hydrogen-bond acceptors (Lipinski definition) is 3. The van der Waals surface area contributed by atoms with E-state index in [4.69, 9.17) is 4.74 Å². The van der Waals surface area contributed by atoms with Gasteiger partial charge in [-0.2, -0.15) is 8.78 Å². The van der Waals surface area contributed by atoms with Crippen LogP contribution in [0.5, 0.6) is 5.75 Å². The zero-order chi connectivity index (χ0) is 22.5. The summed E-state index contributed by atoms with van der Waals surface area (Å²) in [5.41, 5.74) is 4.77. The zero-order valence-corrected chi connectivity index (χ0v) is 16.9. The number of nitrogens with one attached hydrogen (secondary N) is 1. The van der Waals surface area contributed by atoms with Gasteiger partial charge in [0, 0.05) is 24.1 Å². The van der Waals surface area contributed by atoms with Crippen LogP contribution in [-0.2, 0) is 4.74 Å². The molecular weight excluding hydrogens is 419 g/mol. The highest BCUT2D eigenvalue weighted by molar-refractivity contribution is 5.79. The lowest BCUT2D eigenvalue weighted by atomic mass is 9.98. The number of carbonyl (C=O) groups excluding carboxylic acids is 1. The smallest absolute Gasteiger partial charge is 0.407 e. The van der Waals surface area contributed by atoms with Crippen molar-refractivity contribution in [1.29, 1.82) is 0 Å². The van der Waals surface area contributed by atoms with Crippen molar-refractivity contribution in [3.8, 4) is 16.9 Å². The maximum absolute atomic E-state index is 13.3. The molecule has 1 aliphatic carbocycles. The molecule has 0 aromatic heterocycles. The largest absolute Gasteiger partial charge is 0.449 e. The van der Waals surface area contributed by atoms with Gasteiger partial charge < -0.3 is 14.8 Å². The van der Waals surface area contributed by atoms with Crippen molar-refractivity contribution in [2.24, 2.45) is 0 Å². The maximum atomic E-state index is 13.3. The van der Waals surface area contributed by atoms with Crippen molar-refractivity contribution in [2.45, 2.75) is 12.5 Å². The molecule has 7 heteroatoms. The zero-order valence-electron chi connectivity index (χ0n) is 16.9. The van der Waals surface area contributed by atoms with Crippen LogP contribution < -0.4 is 10.1 Å². The van der Waals surface area contributed by atoms with E-state index < -0.39 is 18.5 Å². The van der Waals surface area contributed by atoms with Gasteiger partial charge in [0.15, 0.2) is 0 Å². The second-order valence-electron chi connectivity index (χ2n) is 7.17. The average Bonchev–Trinajstić information content (AvgIpc) is 3.10. The summed E-state index contributed by atoms with van der Waals surface area (Å²) in [4.78, 5) is 12.2. The van der Waals surface area contributed by atoms with Crippen molar-refractivity contribution in [1.82, 2.24) is 5.32 Å². The number of ether oxygens (including phenoxy) is 2. The molecule has 0 heterocycles. The number of alkyl halides is 2. The first-order valence-corrected chi connectivity index (χ1v) is 10.0. The number of rotatable bonds is 7. The summed E-state index contributed by atoms with van der Waals surface area (Å²) >= 11 is 0. The van der Waals surface area contributed by atoms with Gasteiger partial charge in [0.25, 0.3) is 0 Å². The fraction of sp³-hybridized carbons (Fsp3) is 0.160. The number of benzene rings is 3. The van der Waals surface area contributed by atoms with E-state index in [0.29, 0.717) is 0 Å². The molecular formula is C25H20F3NO3. The molecule has 0 radical (unpaired) electrons. The van der Waals surface area contributed by atoms with Gasteiger partial charge in [-0.1, -0.05) is 60.7 Å². The van der Waals surface area contributed by atoms with Gasteiger partial charge in [0.05, 0.1) is 0 Å². The second-order valence-corrected chi connectivity index (χ2v) is 7.17. The van der Waals surface area contributed by atoms with E-state index in [1.54, 1.807) is 0 Å². The minimum Gasteiger partial charge on any atom is -0.449 e. The van der Waals surface area contributed by atoms with Crippen LogP contribution in [-0.4, -0.2) is 25.9 Å². The van der Waals surface area contributed by atoms with E-state index in [1.165, 1.54) is 18.2 Å². The molecule has 0 saturated carbocycles. The normalized spacial score (nSPS) is 12.6. The lowest BCUT2D eigenvalue weighted by molar-refractivity contribution is -0.0501. The minimum atomic E-state index is -3.07. The van der Waals surface area contributed by atoms with Crippen molar-refractivity contribution >= 4 is 12.2 Å². The summed E-state index contributed by atoms with van der Waals surface area (Å²) in [5, 5.41) is 2.59. The van der Waals surface area contributed by atoms with Crippen LogP contribution in [0.3, 0.4) is 0 Å². The van der Waals surface area contributed by atoms with E-state index in [9.17, 15) is 18.0 Å². The summed E-state index contributed by atoms with van der Waals surface area (Å²) in [6.45, 7) is -2.78. The first-order valence-electron chi connectivity index (χ1n) is 10.0. The standard InChI is InChI=1S/C25H20F3NO3/c26-17-12-11-16(23(14-17)32-24(27)28)6-5-13-29-25(30)31-15-22-20-9-3-1-7-18(20)19-8-2-4-10-21(19)22/h1-12,14,22,24H,13,15H2,(H,29,30). The molecule has 0 unspecified atom stereocenters. The molecule has 4 nitrogen and oxygen atoms in total. The molecule has 32 heavy (non-hydrogen) atoms. The van der Waals surface area contributed by atoms with Gasteiger partial charge in [-0.25, -0.2) is 9.18 Å². The number of halogens is 3. The molecule has 0 spiro atoms. The Morgan fingerprint density at radius 2 is 1.66 bits per heavy atom. The first-order chi connectivity index (χ1) is 15.5. The highest BCUT2D eigenvalue weighted by Crippen LogP contribution is 2.44. The number of hydrogen-bond donors (Lipinski definition) is 1. The average molecular weight is 439 g/mol. The van der Waals surface area contributed by atoms with E-state index >= 15 is 0 Å². The Balaban J connectivity index is 1.33. The Bertz CT molecular complexity index is 1100. The van der Waals surface area contributed by atoms with Gasteiger partial charge in [0.2, 0.25) is 0 Å². The number of fused-ring (bicyclic) bond motifs is 3. The summed E-state index contributed by atoms with van der Waals surface area (Å²) in [5.74, 6) is -1.01. The maximum Gasteiger partial charge on any atom is 0.407 e. The number of alkyl carbamates (subject to hydrolysis) is 1. The molecule has 0 fully saturated rings. The Morgan fingerprint density at radius 1 is 1.00 bits per heavy atom. The lowest BCUT2D eigenvalue weighted by Gasteiger charge is -2.14. The Kier molecular flexibility index (Phi) is 6.44. The van der Waals surface area contributed by atoms with E-state index in [0.717, 1.165) is 34.4 Å². The van der Waals surface area contributed by atoms with Crippen LogP contribution in [0.15, 0.2) is 72.8 Å². The van der Waals surface area contributed by atoms with Gasteiger partial charge in [-0.15, -0.1) is 0 Å². The van der Waals surface area contributed by atoms with Crippen LogP contribution in [0.1, 0.15) is 22.6 Å². The third kappa shape index (κ3) is 4.77. The lowest BCUT2D eigenvalue weighted by Crippen LogP contribution is -2.26. The molecule has 1 amide bonds. The van der Waals surface area contributed by atoms with Gasteiger partial charge >= 0.3 is 12.7 Å². The van der Waals surface area contributed by atoms with Crippen LogP contribution in [0.25, 0.3) is 17.2 Å². The second kappa shape index (κ2) is 9.60. The molecule has 3 aromatic rings.